The zero-order valence-electron chi connectivity index (χ0n) is 8.96. The van der Waals surface area contributed by atoms with E-state index in [9.17, 15) is 0 Å². The number of rotatable bonds is 2. The maximum absolute atomic E-state index is 5.76. The highest BCUT2D eigenvalue weighted by molar-refractivity contribution is 9.10. The van der Waals surface area contributed by atoms with Crippen LogP contribution in [-0.2, 0) is 0 Å². The van der Waals surface area contributed by atoms with E-state index in [0.717, 1.165) is 29.1 Å². The molecule has 15 heavy (non-hydrogen) atoms. The lowest BCUT2D eigenvalue weighted by atomic mass is 10.1. The van der Waals surface area contributed by atoms with Crippen LogP contribution >= 0.6 is 15.9 Å². The van der Waals surface area contributed by atoms with Crippen molar-refractivity contribution in [2.24, 2.45) is 0 Å². The van der Waals surface area contributed by atoms with Crippen LogP contribution in [0.5, 0.6) is 5.75 Å². The van der Waals surface area contributed by atoms with Crippen molar-refractivity contribution in [2.75, 3.05) is 32.1 Å². The predicted molar refractivity (Wildman–Crippen MR) is 65.8 cm³/mol. The molecule has 0 saturated heterocycles. The molecule has 0 aliphatic carbocycles. The molecule has 1 aromatic carbocycles. The van der Waals surface area contributed by atoms with Crippen LogP contribution in [0.2, 0.25) is 0 Å². The van der Waals surface area contributed by atoms with E-state index in [1.807, 2.05) is 19.2 Å². The lowest BCUT2D eigenvalue weighted by Gasteiger charge is -2.36. The predicted octanol–water partition coefficient (Wildman–Crippen LogP) is 1.87. The van der Waals surface area contributed by atoms with Crippen molar-refractivity contribution in [1.82, 2.24) is 5.32 Å². The van der Waals surface area contributed by atoms with Crippen LogP contribution in [0.25, 0.3) is 0 Å². The van der Waals surface area contributed by atoms with E-state index in [4.69, 9.17) is 4.74 Å². The molecule has 82 valence electrons. The second-order valence-corrected chi connectivity index (χ2v) is 4.58. The summed E-state index contributed by atoms with van der Waals surface area (Å²) in [6, 6.07) is 6.52. The average molecular weight is 271 g/mol. The number of ether oxygens (including phenoxy) is 1. The van der Waals surface area contributed by atoms with Gasteiger partial charge in [0, 0.05) is 13.6 Å². The van der Waals surface area contributed by atoms with E-state index in [0.29, 0.717) is 6.04 Å². The maximum Gasteiger partial charge on any atom is 0.156 e. The molecule has 1 atom stereocenters. The second kappa shape index (κ2) is 4.41. The van der Waals surface area contributed by atoms with E-state index in [1.165, 1.54) is 0 Å². The van der Waals surface area contributed by atoms with Crippen LogP contribution in [0.15, 0.2) is 22.7 Å². The van der Waals surface area contributed by atoms with E-state index < -0.39 is 0 Å². The van der Waals surface area contributed by atoms with Gasteiger partial charge in [0.25, 0.3) is 0 Å². The normalized spacial score (nSPS) is 19.7. The Balaban J connectivity index is 2.30. The van der Waals surface area contributed by atoms with Crippen molar-refractivity contribution in [3.8, 4) is 5.75 Å². The molecule has 0 radical (unpaired) electrons. The van der Waals surface area contributed by atoms with Gasteiger partial charge in [0.05, 0.1) is 16.2 Å². The van der Waals surface area contributed by atoms with Crippen LogP contribution < -0.4 is 15.0 Å². The first-order valence-electron chi connectivity index (χ1n) is 5.02. The number of halogens is 1. The molecule has 0 amide bonds. The summed E-state index contributed by atoms with van der Waals surface area (Å²) in [6.45, 7) is 1.66. The van der Waals surface area contributed by atoms with Gasteiger partial charge < -0.3 is 15.0 Å². The van der Waals surface area contributed by atoms with E-state index in [2.05, 4.69) is 39.3 Å². The number of likely N-dealkylation sites (N-methyl/N-ethyl adjacent to an activating group) is 2. The summed E-state index contributed by atoms with van der Waals surface area (Å²) in [6.07, 6.45) is 0. The number of para-hydroxylation sites is 1. The van der Waals surface area contributed by atoms with Crippen molar-refractivity contribution in [3.63, 3.8) is 0 Å². The number of hydrogen-bond donors (Lipinski definition) is 1. The van der Waals surface area contributed by atoms with Gasteiger partial charge >= 0.3 is 0 Å². The highest BCUT2D eigenvalue weighted by Gasteiger charge is 2.25. The van der Waals surface area contributed by atoms with Gasteiger partial charge in [0.15, 0.2) is 5.75 Å². The minimum absolute atomic E-state index is 0.400. The molecular formula is C11H15BrN2O. The van der Waals surface area contributed by atoms with Crippen LogP contribution in [0.3, 0.4) is 0 Å². The van der Waals surface area contributed by atoms with Crippen molar-refractivity contribution in [1.29, 1.82) is 0 Å². The molecule has 0 bridgehead atoms. The van der Waals surface area contributed by atoms with Crippen LogP contribution in [0.1, 0.15) is 0 Å². The maximum atomic E-state index is 5.76. The van der Waals surface area contributed by atoms with Gasteiger partial charge in [-0.3, -0.25) is 0 Å². The second-order valence-electron chi connectivity index (χ2n) is 3.72. The third-order valence-corrected chi connectivity index (χ3v) is 3.36. The van der Waals surface area contributed by atoms with Gasteiger partial charge in [-0.25, -0.2) is 0 Å². The molecule has 1 heterocycles. The molecule has 0 aromatic heterocycles. The highest BCUT2D eigenvalue weighted by atomic mass is 79.9. The lowest BCUT2D eigenvalue weighted by Crippen LogP contribution is -2.46. The summed E-state index contributed by atoms with van der Waals surface area (Å²) in [5.74, 6) is 0.951. The third kappa shape index (κ3) is 1.96. The fourth-order valence-electron chi connectivity index (χ4n) is 1.84. The Morgan fingerprint density at radius 2 is 2.40 bits per heavy atom. The van der Waals surface area contributed by atoms with Gasteiger partial charge in [0.2, 0.25) is 0 Å². The zero-order valence-corrected chi connectivity index (χ0v) is 10.5. The topological polar surface area (TPSA) is 24.5 Å². The molecule has 4 heteroatoms. The molecular weight excluding hydrogens is 256 g/mol. The molecule has 1 aliphatic heterocycles. The number of nitrogens with zero attached hydrogens (tertiary/aromatic N) is 1. The van der Waals surface area contributed by atoms with Crippen molar-refractivity contribution in [3.05, 3.63) is 22.7 Å². The Morgan fingerprint density at radius 1 is 1.60 bits per heavy atom. The molecule has 0 fully saturated rings. The van der Waals surface area contributed by atoms with Gasteiger partial charge in [-0.15, -0.1) is 0 Å². The molecule has 2 rings (SSSR count). The largest absolute Gasteiger partial charge is 0.488 e. The summed E-state index contributed by atoms with van der Waals surface area (Å²) >= 11 is 3.50. The van der Waals surface area contributed by atoms with Crippen LogP contribution in [-0.4, -0.2) is 33.3 Å². The summed E-state index contributed by atoms with van der Waals surface area (Å²) in [5.41, 5.74) is 1.15. The third-order valence-electron chi connectivity index (χ3n) is 2.73. The fourth-order valence-corrected chi connectivity index (χ4v) is 2.31. The van der Waals surface area contributed by atoms with Crippen molar-refractivity contribution >= 4 is 21.6 Å². The van der Waals surface area contributed by atoms with Gasteiger partial charge in [-0.2, -0.15) is 0 Å². The van der Waals surface area contributed by atoms with Gasteiger partial charge in [0.1, 0.15) is 6.61 Å². The Labute approximate surface area is 98.5 Å². The van der Waals surface area contributed by atoms with Gasteiger partial charge in [-0.05, 0) is 35.1 Å². The average Bonchev–Trinajstić information content (AvgIpc) is 2.23. The molecule has 1 N–H and O–H groups in total. The zero-order chi connectivity index (χ0) is 10.8. The molecule has 1 aliphatic rings. The fraction of sp³-hybridized carbons (Fsp3) is 0.455. The molecule has 3 nitrogen and oxygen atoms in total. The monoisotopic (exact) mass is 270 g/mol. The number of benzene rings is 1. The smallest absolute Gasteiger partial charge is 0.156 e. The quantitative estimate of drug-likeness (QED) is 0.888. The molecule has 1 aromatic rings. The number of nitrogens with one attached hydrogen (secondary N) is 1. The Hall–Kier alpha value is -0.740. The van der Waals surface area contributed by atoms with Crippen molar-refractivity contribution in [2.45, 2.75) is 6.04 Å². The molecule has 1 unspecified atom stereocenters. The summed E-state index contributed by atoms with van der Waals surface area (Å²) in [7, 11) is 4.07. The SMILES string of the molecule is CNCC1COc2c(Br)cccc2N1C. The first-order valence-corrected chi connectivity index (χ1v) is 5.82. The Kier molecular flexibility index (Phi) is 3.17. The van der Waals surface area contributed by atoms with Crippen LogP contribution in [0, 0.1) is 0 Å². The summed E-state index contributed by atoms with van der Waals surface area (Å²) in [4.78, 5) is 2.26. The minimum atomic E-state index is 0.400. The number of anilines is 1. The van der Waals surface area contributed by atoms with Crippen molar-refractivity contribution < 1.29 is 4.74 Å². The molecule has 0 spiro atoms. The Morgan fingerprint density at radius 3 is 3.13 bits per heavy atom. The lowest BCUT2D eigenvalue weighted by molar-refractivity contribution is 0.263. The Bertz CT molecular complexity index is 356. The highest BCUT2D eigenvalue weighted by Crippen LogP contribution is 2.38. The number of fused-ring (bicyclic) bond motifs is 1. The summed E-state index contributed by atoms with van der Waals surface area (Å²) in [5, 5.41) is 3.18. The number of hydrogen-bond acceptors (Lipinski definition) is 3. The van der Waals surface area contributed by atoms with Gasteiger partial charge in [-0.1, -0.05) is 6.07 Å². The van der Waals surface area contributed by atoms with E-state index in [-0.39, 0.29) is 0 Å². The van der Waals surface area contributed by atoms with E-state index in [1.54, 1.807) is 0 Å². The summed E-state index contributed by atoms with van der Waals surface area (Å²) < 4.78 is 6.78. The van der Waals surface area contributed by atoms with Crippen LogP contribution in [0.4, 0.5) is 5.69 Å². The van der Waals surface area contributed by atoms with E-state index >= 15 is 0 Å². The standard InChI is InChI=1S/C11H15BrN2O/c1-13-6-8-7-15-11-9(12)4-3-5-10(11)14(8)2/h3-5,8,13H,6-7H2,1-2H3. The first-order chi connectivity index (χ1) is 7.24. The molecule has 0 saturated carbocycles. The minimum Gasteiger partial charge on any atom is -0.488 e. The first kappa shape index (κ1) is 10.8.